The normalized spacial score (nSPS) is 12.2. The van der Waals surface area contributed by atoms with E-state index in [1.54, 1.807) is 0 Å². The Kier molecular flexibility index (Phi) is 4.01. The molecule has 0 atom stereocenters. The van der Waals surface area contributed by atoms with Gasteiger partial charge in [0.2, 0.25) is 5.88 Å². The molecule has 112 valence electrons. The van der Waals surface area contributed by atoms with Crippen LogP contribution in [0.3, 0.4) is 0 Å². The van der Waals surface area contributed by atoms with Crippen LogP contribution in [0.25, 0.3) is 0 Å². The number of hydrogen-bond donors (Lipinski definition) is 1. The minimum Gasteiger partial charge on any atom is -0.494 e. The second-order valence-electron chi connectivity index (χ2n) is 3.24. The zero-order valence-corrected chi connectivity index (χ0v) is 9.46. The molecule has 5 nitrogen and oxygen atoms in total. The highest BCUT2D eigenvalue weighted by Crippen LogP contribution is 2.40. The number of rotatable bonds is 3. The lowest BCUT2D eigenvalue weighted by Crippen LogP contribution is -2.20. The van der Waals surface area contributed by atoms with Gasteiger partial charge in [0.1, 0.15) is 5.56 Å². The van der Waals surface area contributed by atoms with E-state index in [4.69, 9.17) is 5.11 Å². The molecular formula is C9H5F6NO4. The van der Waals surface area contributed by atoms with E-state index >= 15 is 0 Å². The molecule has 1 rings (SSSR count). The van der Waals surface area contributed by atoms with Crippen LogP contribution in [0.15, 0.2) is 6.07 Å². The Morgan fingerprint density at radius 1 is 1.25 bits per heavy atom. The fraction of sp³-hybridized carbons (Fsp3) is 0.333. The summed E-state index contributed by atoms with van der Waals surface area (Å²) < 4.78 is 81.3. The van der Waals surface area contributed by atoms with E-state index in [1.807, 2.05) is 0 Å². The van der Waals surface area contributed by atoms with Gasteiger partial charge in [-0.15, -0.1) is 13.2 Å². The lowest BCUT2D eigenvalue weighted by Gasteiger charge is -2.16. The highest BCUT2D eigenvalue weighted by molar-refractivity contribution is 5.89. The second-order valence-corrected chi connectivity index (χ2v) is 3.24. The topological polar surface area (TPSA) is 68.7 Å². The zero-order chi connectivity index (χ0) is 15.7. The van der Waals surface area contributed by atoms with Crippen LogP contribution in [-0.4, -0.2) is 29.5 Å². The number of aromatic nitrogens is 1. The maximum Gasteiger partial charge on any atom is 0.574 e. The number of pyridine rings is 1. The van der Waals surface area contributed by atoms with E-state index in [1.165, 1.54) is 0 Å². The van der Waals surface area contributed by atoms with Crippen LogP contribution in [0.5, 0.6) is 11.6 Å². The summed E-state index contributed by atoms with van der Waals surface area (Å²) in [4.78, 5) is 13.6. The monoisotopic (exact) mass is 305 g/mol. The molecule has 20 heavy (non-hydrogen) atoms. The van der Waals surface area contributed by atoms with Crippen molar-refractivity contribution in [3.05, 3.63) is 17.3 Å². The van der Waals surface area contributed by atoms with Gasteiger partial charge in [-0.1, -0.05) is 0 Å². The molecule has 0 bridgehead atoms. The minimum atomic E-state index is -5.32. The summed E-state index contributed by atoms with van der Waals surface area (Å²) in [5.74, 6) is -4.76. The maximum absolute atomic E-state index is 12.7. The number of nitrogens with zero attached hydrogens (tertiary/aromatic N) is 1. The second kappa shape index (κ2) is 5.06. The van der Waals surface area contributed by atoms with Crippen LogP contribution in [0.2, 0.25) is 0 Å². The number of aromatic carboxylic acids is 1. The molecule has 0 saturated carbocycles. The number of carboxylic acid groups (broad SMARTS) is 1. The Labute approximate surface area is 106 Å². The molecule has 0 aliphatic carbocycles. The van der Waals surface area contributed by atoms with Crippen LogP contribution in [0.1, 0.15) is 16.1 Å². The molecule has 0 radical (unpaired) electrons. The Balaban J connectivity index is 3.52. The molecule has 0 aromatic carbocycles. The Hall–Kier alpha value is -2.20. The number of methoxy groups -OCH3 is 1. The van der Waals surface area contributed by atoms with Gasteiger partial charge in [0.25, 0.3) is 0 Å². The fourth-order valence-corrected chi connectivity index (χ4v) is 1.24. The average Bonchev–Trinajstić information content (AvgIpc) is 2.24. The summed E-state index contributed by atoms with van der Waals surface area (Å²) in [6.45, 7) is 0. The first kappa shape index (κ1) is 15.9. The molecule has 1 heterocycles. The Bertz CT molecular complexity index is 524. The average molecular weight is 305 g/mol. The predicted octanol–water partition coefficient (Wildman–Crippen LogP) is 2.71. The van der Waals surface area contributed by atoms with Crippen molar-refractivity contribution in [2.24, 2.45) is 0 Å². The first-order chi connectivity index (χ1) is 8.95. The van der Waals surface area contributed by atoms with Crippen LogP contribution < -0.4 is 9.47 Å². The molecule has 0 aliphatic rings. The van der Waals surface area contributed by atoms with Crippen molar-refractivity contribution in [3.8, 4) is 11.6 Å². The van der Waals surface area contributed by atoms with Crippen molar-refractivity contribution in [2.75, 3.05) is 7.11 Å². The largest absolute Gasteiger partial charge is 0.574 e. The molecule has 1 aromatic rings. The summed E-state index contributed by atoms with van der Waals surface area (Å²) in [5, 5.41) is 8.66. The van der Waals surface area contributed by atoms with Gasteiger partial charge < -0.3 is 14.6 Å². The molecule has 0 amide bonds. The third-order valence-electron chi connectivity index (χ3n) is 1.88. The molecule has 0 fully saturated rings. The number of hydrogen-bond acceptors (Lipinski definition) is 4. The number of carbonyl (C=O) groups is 1. The van der Waals surface area contributed by atoms with Gasteiger partial charge in [0.05, 0.1) is 7.11 Å². The van der Waals surface area contributed by atoms with Gasteiger partial charge in [0.15, 0.2) is 11.4 Å². The van der Waals surface area contributed by atoms with Crippen molar-refractivity contribution in [1.82, 2.24) is 4.98 Å². The van der Waals surface area contributed by atoms with Gasteiger partial charge in [-0.3, -0.25) is 0 Å². The zero-order valence-electron chi connectivity index (χ0n) is 9.46. The van der Waals surface area contributed by atoms with Crippen LogP contribution in [0, 0.1) is 0 Å². The third kappa shape index (κ3) is 3.65. The standard InChI is InChI=1S/C9H5F6NO4/c1-19-6-3(8(10,11)12)2-4(20-9(13,14)15)16-5(6)7(17)18/h2H,1H3,(H,17,18). The molecule has 0 saturated heterocycles. The van der Waals surface area contributed by atoms with E-state index in [9.17, 15) is 31.1 Å². The van der Waals surface area contributed by atoms with Crippen molar-refractivity contribution < 1.29 is 45.7 Å². The van der Waals surface area contributed by atoms with E-state index in [-0.39, 0.29) is 6.07 Å². The summed E-state index contributed by atoms with van der Waals surface area (Å²) >= 11 is 0. The lowest BCUT2D eigenvalue weighted by atomic mass is 10.2. The van der Waals surface area contributed by atoms with Crippen LogP contribution in [0.4, 0.5) is 26.3 Å². The minimum absolute atomic E-state index is 0.0984. The van der Waals surface area contributed by atoms with Gasteiger partial charge >= 0.3 is 18.5 Å². The molecule has 0 aliphatic heterocycles. The SMILES string of the molecule is COc1c(C(F)(F)F)cc(OC(F)(F)F)nc1C(=O)O. The van der Waals surface area contributed by atoms with E-state index in [0.717, 1.165) is 7.11 Å². The molecular weight excluding hydrogens is 300 g/mol. The Morgan fingerprint density at radius 3 is 2.15 bits per heavy atom. The summed E-state index contributed by atoms with van der Waals surface area (Å²) in [5.41, 5.74) is -3.09. The smallest absolute Gasteiger partial charge is 0.494 e. The van der Waals surface area contributed by atoms with Gasteiger partial charge in [0, 0.05) is 6.07 Å². The van der Waals surface area contributed by atoms with E-state index in [2.05, 4.69) is 14.5 Å². The van der Waals surface area contributed by atoms with E-state index < -0.39 is 41.4 Å². The summed E-state index contributed by atoms with van der Waals surface area (Å²) in [6.07, 6.45) is -10.5. The van der Waals surface area contributed by atoms with Gasteiger partial charge in [-0.2, -0.15) is 13.2 Å². The van der Waals surface area contributed by atoms with Crippen molar-refractivity contribution in [2.45, 2.75) is 12.5 Å². The first-order valence-corrected chi connectivity index (χ1v) is 4.61. The highest BCUT2D eigenvalue weighted by Gasteiger charge is 2.40. The van der Waals surface area contributed by atoms with Gasteiger partial charge in [-0.05, 0) is 0 Å². The first-order valence-electron chi connectivity index (χ1n) is 4.61. The maximum atomic E-state index is 12.7. The van der Waals surface area contributed by atoms with Gasteiger partial charge in [-0.25, -0.2) is 9.78 Å². The van der Waals surface area contributed by atoms with Crippen molar-refractivity contribution in [1.29, 1.82) is 0 Å². The van der Waals surface area contributed by atoms with Crippen LogP contribution >= 0.6 is 0 Å². The summed E-state index contributed by atoms with van der Waals surface area (Å²) in [7, 11) is 0.725. The third-order valence-corrected chi connectivity index (χ3v) is 1.88. The van der Waals surface area contributed by atoms with Crippen LogP contribution in [-0.2, 0) is 6.18 Å². The molecule has 0 unspecified atom stereocenters. The number of carboxylic acids is 1. The number of alkyl halides is 6. The predicted molar refractivity (Wildman–Crippen MR) is 49.4 cm³/mol. The molecule has 0 spiro atoms. The van der Waals surface area contributed by atoms with Crippen molar-refractivity contribution in [3.63, 3.8) is 0 Å². The Morgan fingerprint density at radius 2 is 1.80 bits per heavy atom. The number of ether oxygens (including phenoxy) is 2. The number of halogens is 6. The van der Waals surface area contributed by atoms with E-state index in [0.29, 0.717) is 0 Å². The summed E-state index contributed by atoms with van der Waals surface area (Å²) in [6, 6.07) is -0.0984. The lowest BCUT2D eigenvalue weighted by molar-refractivity contribution is -0.276. The fourth-order valence-electron chi connectivity index (χ4n) is 1.24. The molecule has 1 aromatic heterocycles. The highest BCUT2D eigenvalue weighted by atomic mass is 19.4. The molecule has 1 N–H and O–H groups in total. The molecule has 11 heteroatoms. The quantitative estimate of drug-likeness (QED) is 0.870. The van der Waals surface area contributed by atoms with Crippen molar-refractivity contribution >= 4 is 5.97 Å².